The Morgan fingerprint density at radius 2 is 2.17 bits per heavy atom. The summed E-state index contributed by atoms with van der Waals surface area (Å²) in [5, 5.41) is 11.8. The molecule has 0 fully saturated rings. The summed E-state index contributed by atoms with van der Waals surface area (Å²) < 4.78 is 13.5. The zero-order valence-electron chi connectivity index (χ0n) is 9.11. The molecule has 1 aromatic carbocycles. The molecule has 0 aliphatic heterocycles. The maximum Gasteiger partial charge on any atom is 0.154 e. The average molecular weight is 307 g/mol. The number of rotatable bonds is 2. The lowest BCUT2D eigenvalue weighted by Crippen LogP contribution is -2.01. The molecule has 3 N–H and O–H groups in total. The standard InChI is InChI=1S/C12H8BrFN4/c13-9-5-8(14)1-2-10(9)18-12-11(16)7(6-15)3-4-17-12/h1-5H,16H2,(H,17,18). The van der Waals surface area contributed by atoms with Crippen molar-refractivity contribution in [3.63, 3.8) is 0 Å². The van der Waals surface area contributed by atoms with Crippen molar-refractivity contribution in [2.45, 2.75) is 0 Å². The van der Waals surface area contributed by atoms with Crippen LogP contribution in [0.1, 0.15) is 5.56 Å². The van der Waals surface area contributed by atoms with Crippen LogP contribution in [0.15, 0.2) is 34.9 Å². The third-order valence-electron chi connectivity index (χ3n) is 2.29. The van der Waals surface area contributed by atoms with Crippen LogP contribution < -0.4 is 11.1 Å². The number of nitrogens with one attached hydrogen (secondary N) is 1. The number of nitriles is 1. The first-order valence-corrected chi connectivity index (χ1v) is 5.78. The number of pyridine rings is 1. The van der Waals surface area contributed by atoms with Crippen LogP contribution in [-0.2, 0) is 0 Å². The fourth-order valence-corrected chi connectivity index (χ4v) is 1.84. The van der Waals surface area contributed by atoms with Gasteiger partial charge in [-0.05, 0) is 40.2 Å². The van der Waals surface area contributed by atoms with E-state index < -0.39 is 0 Å². The van der Waals surface area contributed by atoms with Crippen LogP contribution in [0.3, 0.4) is 0 Å². The van der Waals surface area contributed by atoms with E-state index >= 15 is 0 Å². The van der Waals surface area contributed by atoms with Gasteiger partial charge in [0.15, 0.2) is 5.82 Å². The first-order chi connectivity index (χ1) is 8.61. The molecule has 0 saturated heterocycles. The predicted octanol–water partition coefficient (Wildman–Crippen LogP) is 3.18. The Balaban J connectivity index is 2.38. The molecule has 90 valence electrons. The van der Waals surface area contributed by atoms with Gasteiger partial charge in [0.25, 0.3) is 0 Å². The Kier molecular flexibility index (Phi) is 3.44. The molecule has 18 heavy (non-hydrogen) atoms. The molecule has 0 aliphatic rings. The predicted molar refractivity (Wildman–Crippen MR) is 70.7 cm³/mol. The molecule has 0 bridgehead atoms. The van der Waals surface area contributed by atoms with Gasteiger partial charge in [-0.3, -0.25) is 0 Å². The fourth-order valence-electron chi connectivity index (χ4n) is 1.39. The SMILES string of the molecule is N#Cc1ccnc(Nc2ccc(F)cc2Br)c1N. The van der Waals surface area contributed by atoms with Gasteiger partial charge in [-0.1, -0.05) is 0 Å². The first-order valence-electron chi connectivity index (χ1n) is 4.98. The zero-order valence-corrected chi connectivity index (χ0v) is 10.7. The highest BCUT2D eigenvalue weighted by molar-refractivity contribution is 9.10. The van der Waals surface area contributed by atoms with E-state index in [9.17, 15) is 4.39 Å². The van der Waals surface area contributed by atoms with Gasteiger partial charge in [-0.15, -0.1) is 0 Å². The van der Waals surface area contributed by atoms with Gasteiger partial charge in [0, 0.05) is 10.7 Å². The lowest BCUT2D eigenvalue weighted by molar-refractivity contribution is 0.627. The minimum Gasteiger partial charge on any atom is -0.395 e. The fraction of sp³-hybridized carbons (Fsp3) is 0. The number of aromatic nitrogens is 1. The van der Waals surface area contributed by atoms with E-state index in [2.05, 4.69) is 26.2 Å². The maximum atomic E-state index is 12.9. The minimum absolute atomic E-state index is 0.260. The van der Waals surface area contributed by atoms with Crippen LogP contribution in [0.25, 0.3) is 0 Å². The molecule has 0 aliphatic carbocycles. The Hall–Kier alpha value is -2.13. The number of hydrogen-bond donors (Lipinski definition) is 2. The highest BCUT2D eigenvalue weighted by Gasteiger charge is 2.08. The molecule has 0 amide bonds. The molecule has 1 heterocycles. The number of nitrogens with two attached hydrogens (primary N) is 1. The van der Waals surface area contributed by atoms with Crippen molar-refractivity contribution in [3.05, 3.63) is 46.3 Å². The minimum atomic E-state index is -0.348. The van der Waals surface area contributed by atoms with Gasteiger partial charge in [0.05, 0.1) is 16.9 Å². The van der Waals surface area contributed by atoms with Crippen LogP contribution >= 0.6 is 15.9 Å². The molecular formula is C12H8BrFN4. The lowest BCUT2D eigenvalue weighted by atomic mass is 10.2. The van der Waals surface area contributed by atoms with E-state index in [0.717, 1.165) is 0 Å². The second kappa shape index (κ2) is 5.02. The van der Waals surface area contributed by atoms with Crippen molar-refractivity contribution in [1.82, 2.24) is 4.98 Å². The topological polar surface area (TPSA) is 74.7 Å². The Morgan fingerprint density at radius 3 is 2.83 bits per heavy atom. The second-order valence-corrected chi connectivity index (χ2v) is 4.34. The quantitative estimate of drug-likeness (QED) is 0.893. The maximum absolute atomic E-state index is 12.9. The van der Waals surface area contributed by atoms with Gasteiger partial charge < -0.3 is 11.1 Å². The molecule has 0 unspecified atom stereocenters. The van der Waals surface area contributed by atoms with Crippen molar-refractivity contribution in [1.29, 1.82) is 5.26 Å². The van der Waals surface area contributed by atoms with Crippen LogP contribution in [-0.4, -0.2) is 4.98 Å². The molecular weight excluding hydrogens is 299 g/mol. The third kappa shape index (κ3) is 2.41. The summed E-state index contributed by atoms with van der Waals surface area (Å²) in [5.41, 5.74) is 7.00. The summed E-state index contributed by atoms with van der Waals surface area (Å²) in [7, 11) is 0. The summed E-state index contributed by atoms with van der Waals surface area (Å²) in [6.45, 7) is 0. The second-order valence-electron chi connectivity index (χ2n) is 3.48. The number of benzene rings is 1. The summed E-state index contributed by atoms with van der Waals surface area (Å²) in [4.78, 5) is 4.04. The summed E-state index contributed by atoms with van der Waals surface area (Å²) >= 11 is 3.23. The molecule has 1 aromatic heterocycles. The molecule has 6 heteroatoms. The molecule has 2 rings (SSSR count). The van der Waals surface area contributed by atoms with Crippen molar-refractivity contribution in [2.75, 3.05) is 11.1 Å². The largest absolute Gasteiger partial charge is 0.395 e. The van der Waals surface area contributed by atoms with Gasteiger partial charge in [0.1, 0.15) is 11.9 Å². The molecule has 0 atom stereocenters. The number of nitrogens with zero attached hydrogens (tertiary/aromatic N) is 2. The van der Waals surface area contributed by atoms with E-state index in [1.54, 1.807) is 6.07 Å². The van der Waals surface area contributed by atoms with Gasteiger partial charge in [0.2, 0.25) is 0 Å². The van der Waals surface area contributed by atoms with Gasteiger partial charge in [-0.2, -0.15) is 5.26 Å². The number of hydrogen-bond acceptors (Lipinski definition) is 4. The van der Waals surface area contributed by atoms with Crippen molar-refractivity contribution >= 4 is 33.1 Å². The summed E-state index contributed by atoms with van der Waals surface area (Å²) in [5.74, 6) is 0.0143. The Labute approximate surface area is 111 Å². The monoisotopic (exact) mass is 306 g/mol. The molecule has 0 spiro atoms. The zero-order chi connectivity index (χ0) is 13.1. The van der Waals surface area contributed by atoms with Crippen molar-refractivity contribution in [3.8, 4) is 6.07 Å². The van der Waals surface area contributed by atoms with E-state index in [-0.39, 0.29) is 11.5 Å². The van der Waals surface area contributed by atoms with E-state index in [1.165, 1.54) is 24.4 Å². The van der Waals surface area contributed by atoms with Gasteiger partial charge >= 0.3 is 0 Å². The summed E-state index contributed by atoms with van der Waals surface area (Å²) in [6.07, 6.45) is 1.48. The third-order valence-corrected chi connectivity index (χ3v) is 2.95. The molecule has 4 nitrogen and oxygen atoms in total. The van der Waals surface area contributed by atoms with Crippen molar-refractivity contribution in [2.24, 2.45) is 0 Å². The van der Waals surface area contributed by atoms with E-state index in [1.807, 2.05) is 6.07 Å². The van der Waals surface area contributed by atoms with E-state index in [0.29, 0.717) is 21.5 Å². The molecule has 0 radical (unpaired) electrons. The van der Waals surface area contributed by atoms with Gasteiger partial charge in [-0.25, -0.2) is 9.37 Å². The van der Waals surface area contributed by atoms with E-state index in [4.69, 9.17) is 11.0 Å². The van der Waals surface area contributed by atoms with Crippen LogP contribution in [0.5, 0.6) is 0 Å². The number of halogens is 2. The Bertz CT molecular complexity index is 636. The highest BCUT2D eigenvalue weighted by atomic mass is 79.9. The highest BCUT2D eigenvalue weighted by Crippen LogP contribution is 2.29. The first kappa shape index (κ1) is 12.3. The average Bonchev–Trinajstić information content (AvgIpc) is 2.35. The number of anilines is 3. The lowest BCUT2D eigenvalue weighted by Gasteiger charge is -2.10. The summed E-state index contributed by atoms with van der Waals surface area (Å²) in [6, 6.07) is 7.69. The normalized spacial score (nSPS) is 9.83. The smallest absolute Gasteiger partial charge is 0.154 e. The van der Waals surface area contributed by atoms with Crippen LogP contribution in [0.2, 0.25) is 0 Å². The molecule has 2 aromatic rings. The van der Waals surface area contributed by atoms with Crippen LogP contribution in [0, 0.1) is 17.1 Å². The van der Waals surface area contributed by atoms with Crippen molar-refractivity contribution < 1.29 is 4.39 Å². The molecule has 0 saturated carbocycles. The Morgan fingerprint density at radius 1 is 1.39 bits per heavy atom. The number of nitrogen functional groups attached to an aromatic ring is 1. The van der Waals surface area contributed by atoms with Crippen LogP contribution in [0.4, 0.5) is 21.6 Å².